The van der Waals surface area contributed by atoms with Crippen LogP contribution in [-0.2, 0) is 11.3 Å². The summed E-state index contributed by atoms with van der Waals surface area (Å²) in [5, 5.41) is 9.10. The fourth-order valence-electron chi connectivity index (χ4n) is 1.57. The first-order valence-electron chi connectivity index (χ1n) is 6.74. The second-order valence-electron chi connectivity index (χ2n) is 4.69. The summed E-state index contributed by atoms with van der Waals surface area (Å²) in [6.07, 6.45) is 0. The van der Waals surface area contributed by atoms with E-state index in [9.17, 15) is 0 Å². The third-order valence-corrected chi connectivity index (χ3v) is 2.43. The highest BCUT2D eigenvalue weighted by molar-refractivity contribution is 5.42. The number of hydrogen-bond donors (Lipinski definition) is 1. The molecule has 0 aromatic heterocycles. The molecule has 0 bridgehead atoms. The van der Waals surface area contributed by atoms with Crippen LogP contribution in [-0.4, -0.2) is 31.5 Å². The monoisotopic (exact) mass is 268 g/mol. The molecule has 0 aliphatic carbocycles. The van der Waals surface area contributed by atoms with Crippen molar-refractivity contribution in [2.24, 2.45) is 5.92 Å². The van der Waals surface area contributed by atoms with Crippen LogP contribution < -0.4 is 9.47 Å². The molecule has 0 unspecified atom stereocenters. The standard InChI is InChI=1S/C15H24O4/c1-4-18-15-9-13(10-16)5-6-14(15)19-8-7-17-11-12(2)3/h5-6,9,12,16H,4,7-8,10-11H2,1-3H3. The second kappa shape index (κ2) is 8.77. The van der Waals surface area contributed by atoms with E-state index in [1.807, 2.05) is 19.1 Å². The smallest absolute Gasteiger partial charge is 0.161 e. The van der Waals surface area contributed by atoms with Crippen LogP contribution >= 0.6 is 0 Å². The summed E-state index contributed by atoms with van der Waals surface area (Å²) in [7, 11) is 0. The lowest BCUT2D eigenvalue weighted by atomic mass is 10.2. The summed E-state index contributed by atoms with van der Waals surface area (Å²) in [4.78, 5) is 0. The van der Waals surface area contributed by atoms with E-state index in [2.05, 4.69) is 13.8 Å². The summed E-state index contributed by atoms with van der Waals surface area (Å²) in [6, 6.07) is 5.44. The number of aliphatic hydroxyl groups is 1. The van der Waals surface area contributed by atoms with Gasteiger partial charge >= 0.3 is 0 Å². The van der Waals surface area contributed by atoms with E-state index in [0.29, 0.717) is 37.2 Å². The van der Waals surface area contributed by atoms with Crippen molar-refractivity contribution in [2.45, 2.75) is 27.4 Å². The van der Waals surface area contributed by atoms with E-state index in [-0.39, 0.29) is 6.61 Å². The molecule has 1 aromatic carbocycles. The maximum atomic E-state index is 9.10. The van der Waals surface area contributed by atoms with Gasteiger partial charge in [-0.25, -0.2) is 0 Å². The van der Waals surface area contributed by atoms with E-state index in [4.69, 9.17) is 19.3 Å². The van der Waals surface area contributed by atoms with E-state index in [1.54, 1.807) is 6.07 Å². The van der Waals surface area contributed by atoms with Gasteiger partial charge in [0.15, 0.2) is 11.5 Å². The molecule has 0 radical (unpaired) electrons. The molecule has 0 amide bonds. The van der Waals surface area contributed by atoms with Gasteiger partial charge in [0.25, 0.3) is 0 Å². The minimum absolute atomic E-state index is 0.00213. The molecule has 4 heteroatoms. The van der Waals surface area contributed by atoms with E-state index in [1.165, 1.54) is 0 Å². The van der Waals surface area contributed by atoms with Crippen LogP contribution in [0.3, 0.4) is 0 Å². The van der Waals surface area contributed by atoms with Crippen molar-refractivity contribution in [3.05, 3.63) is 23.8 Å². The summed E-state index contributed by atoms with van der Waals surface area (Å²) < 4.78 is 16.6. The van der Waals surface area contributed by atoms with Gasteiger partial charge in [0.1, 0.15) is 6.61 Å². The molecule has 0 heterocycles. The molecule has 0 aliphatic heterocycles. The molecular weight excluding hydrogens is 244 g/mol. The first kappa shape index (κ1) is 15.8. The van der Waals surface area contributed by atoms with Gasteiger partial charge in [-0.05, 0) is 30.5 Å². The van der Waals surface area contributed by atoms with Crippen LogP contribution in [0, 0.1) is 5.92 Å². The minimum atomic E-state index is -0.00213. The zero-order valence-electron chi connectivity index (χ0n) is 12.0. The molecule has 0 saturated heterocycles. The molecule has 19 heavy (non-hydrogen) atoms. The SMILES string of the molecule is CCOc1cc(CO)ccc1OCCOCC(C)C. The number of ether oxygens (including phenoxy) is 3. The van der Waals surface area contributed by atoms with Gasteiger partial charge in [-0.3, -0.25) is 0 Å². The third-order valence-electron chi connectivity index (χ3n) is 2.43. The van der Waals surface area contributed by atoms with Gasteiger partial charge in [0, 0.05) is 6.61 Å². The van der Waals surface area contributed by atoms with E-state index >= 15 is 0 Å². The van der Waals surface area contributed by atoms with Crippen molar-refractivity contribution in [1.82, 2.24) is 0 Å². The Labute approximate surface area is 115 Å². The minimum Gasteiger partial charge on any atom is -0.490 e. The highest BCUT2D eigenvalue weighted by Gasteiger charge is 2.06. The van der Waals surface area contributed by atoms with Gasteiger partial charge in [-0.1, -0.05) is 19.9 Å². The molecule has 0 saturated carbocycles. The highest BCUT2D eigenvalue weighted by Crippen LogP contribution is 2.28. The van der Waals surface area contributed by atoms with Crippen LogP contribution in [0.25, 0.3) is 0 Å². The molecule has 4 nitrogen and oxygen atoms in total. The number of rotatable bonds is 9. The molecule has 108 valence electrons. The molecule has 1 aromatic rings. The Morgan fingerprint density at radius 2 is 1.89 bits per heavy atom. The molecule has 0 aliphatic rings. The van der Waals surface area contributed by atoms with Gasteiger partial charge in [0.2, 0.25) is 0 Å². The second-order valence-corrected chi connectivity index (χ2v) is 4.69. The van der Waals surface area contributed by atoms with Gasteiger partial charge < -0.3 is 19.3 Å². The van der Waals surface area contributed by atoms with Crippen LogP contribution in [0.1, 0.15) is 26.3 Å². The molecular formula is C15H24O4. The normalized spacial score (nSPS) is 10.8. The fraction of sp³-hybridized carbons (Fsp3) is 0.600. The predicted molar refractivity (Wildman–Crippen MR) is 74.7 cm³/mol. The van der Waals surface area contributed by atoms with E-state index in [0.717, 1.165) is 12.2 Å². The van der Waals surface area contributed by atoms with Crippen molar-refractivity contribution in [3.63, 3.8) is 0 Å². The van der Waals surface area contributed by atoms with Crippen LogP contribution in [0.4, 0.5) is 0 Å². The quantitative estimate of drug-likeness (QED) is 0.699. The number of hydrogen-bond acceptors (Lipinski definition) is 4. The van der Waals surface area contributed by atoms with Gasteiger partial charge in [-0.2, -0.15) is 0 Å². The molecule has 1 N–H and O–H groups in total. The lowest BCUT2D eigenvalue weighted by Crippen LogP contribution is -2.10. The van der Waals surface area contributed by atoms with Crippen molar-refractivity contribution in [2.75, 3.05) is 26.4 Å². The Bertz CT molecular complexity index is 363. The number of benzene rings is 1. The molecule has 1 rings (SSSR count). The molecule has 0 atom stereocenters. The highest BCUT2D eigenvalue weighted by atomic mass is 16.5. The van der Waals surface area contributed by atoms with Crippen molar-refractivity contribution < 1.29 is 19.3 Å². The Morgan fingerprint density at radius 3 is 2.53 bits per heavy atom. The largest absolute Gasteiger partial charge is 0.490 e. The average Bonchev–Trinajstić information content (AvgIpc) is 2.39. The summed E-state index contributed by atoms with van der Waals surface area (Å²) in [6.45, 7) is 8.50. The lowest BCUT2D eigenvalue weighted by molar-refractivity contribution is 0.0808. The summed E-state index contributed by atoms with van der Waals surface area (Å²) in [5.41, 5.74) is 0.812. The van der Waals surface area contributed by atoms with Gasteiger partial charge in [-0.15, -0.1) is 0 Å². The fourth-order valence-corrected chi connectivity index (χ4v) is 1.57. The first-order chi connectivity index (χ1) is 9.17. The van der Waals surface area contributed by atoms with Crippen LogP contribution in [0.2, 0.25) is 0 Å². The maximum absolute atomic E-state index is 9.10. The Morgan fingerprint density at radius 1 is 1.11 bits per heavy atom. The van der Waals surface area contributed by atoms with Crippen LogP contribution in [0.5, 0.6) is 11.5 Å². The Kier molecular flexibility index (Phi) is 7.30. The summed E-state index contributed by atoms with van der Waals surface area (Å²) in [5.74, 6) is 1.88. The van der Waals surface area contributed by atoms with E-state index < -0.39 is 0 Å². The van der Waals surface area contributed by atoms with Crippen LogP contribution in [0.15, 0.2) is 18.2 Å². The lowest BCUT2D eigenvalue weighted by Gasteiger charge is -2.13. The zero-order valence-corrected chi connectivity index (χ0v) is 12.0. The third kappa shape index (κ3) is 5.94. The van der Waals surface area contributed by atoms with Crippen molar-refractivity contribution >= 4 is 0 Å². The topological polar surface area (TPSA) is 47.9 Å². The summed E-state index contributed by atoms with van der Waals surface area (Å²) >= 11 is 0. The van der Waals surface area contributed by atoms with Crippen molar-refractivity contribution in [1.29, 1.82) is 0 Å². The first-order valence-corrected chi connectivity index (χ1v) is 6.74. The predicted octanol–water partition coefficient (Wildman–Crippen LogP) is 2.63. The Balaban J connectivity index is 2.47. The molecule has 0 fully saturated rings. The maximum Gasteiger partial charge on any atom is 0.161 e. The van der Waals surface area contributed by atoms with Gasteiger partial charge in [0.05, 0.1) is 19.8 Å². The van der Waals surface area contributed by atoms with Crippen molar-refractivity contribution in [3.8, 4) is 11.5 Å². The zero-order chi connectivity index (χ0) is 14.1. The number of aliphatic hydroxyl groups excluding tert-OH is 1. The molecule has 0 spiro atoms. The average molecular weight is 268 g/mol. The Hall–Kier alpha value is -1.26.